The fourth-order valence-electron chi connectivity index (χ4n) is 3.08. The maximum absolute atomic E-state index is 11.6. The molecule has 110 valence electrons. The van der Waals surface area contributed by atoms with Gasteiger partial charge in [-0.25, -0.2) is 4.79 Å². The van der Waals surface area contributed by atoms with Gasteiger partial charge in [-0.2, -0.15) is 0 Å². The summed E-state index contributed by atoms with van der Waals surface area (Å²) in [5.41, 5.74) is 3.22. The minimum Gasteiger partial charge on any atom is -0.465 e. The maximum Gasteiger partial charge on any atom is 0.337 e. The number of ether oxygens (including phenoxy) is 1. The van der Waals surface area contributed by atoms with Crippen molar-refractivity contribution in [1.82, 2.24) is 4.90 Å². The second-order valence-electron chi connectivity index (χ2n) is 5.53. The van der Waals surface area contributed by atoms with Crippen molar-refractivity contribution in [2.24, 2.45) is 4.99 Å². The largest absolute Gasteiger partial charge is 0.465 e. The van der Waals surface area contributed by atoms with Crippen LogP contribution >= 0.6 is 0 Å². The summed E-state index contributed by atoms with van der Waals surface area (Å²) in [5, 5.41) is 0. The van der Waals surface area contributed by atoms with Gasteiger partial charge in [-0.1, -0.05) is 12.1 Å². The van der Waals surface area contributed by atoms with Crippen LogP contribution in [0.15, 0.2) is 41.0 Å². The number of piperidine rings is 1. The summed E-state index contributed by atoms with van der Waals surface area (Å²) in [7, 11) is 1.42. The Morgan fingerprint density at radius 2 is 2.14 bits per heavy atom. The van der Waals surface area contributed by atoms with Crippen LogP contribution in [-0.4, -0.2) is 43.8 Å². The molecule has 0 radical (unpaired) electrons. The maximum atomic E-state index is 11.6. The smallest absolute Gasteiger partial charge is 0.337 e. The van der Waals surface area contributed by atoms with Crippen molar-refractivity contribution in [3.8, 4) is 0 Å². The number of esters is 1. The van der Waals surface area contributed by atoms with Crippen LogP contribution in [-0.2, 0) is 4.74 Å². The Labute approximate surface area is 125 Å². The van der Waals surface area contributed by atoms with Crippen LogP contribution in [0.4, 0.5) is 0 Å². The van der Waals surface area contributed by atoms with Crippen molar-refractivity contribution in [3.63, 3.8) is 0 Å². The summed E-state index contributed by atoms with van der Waals surface area (Å²) in [4.78, 5) is 18.3. The van der Waals surface area contributed by atoms with E-state index >= 15 is 0 Å². The fourth-order valence-corrected chi connectivity index (χ4v) is 3.08. The molecule has 0 aliphatic carbocycles. The van der Waals surface area contributed by atoms with Gasteiger partial charge < -0.3 is 9.64 Å². The molecule has 3 rings (SSSR count). The summed E-state index contributed by atoms with van der Waals surface area (Å²) < 4.78 is 4.79. The average Bonchev–Trinajstić information content (AvgIpc) is 3.09. The highest BCUT2D eigenvalue weighted by molar-refractivity contribution is 5.89. The van der Waals surface area contributed by atoms with Crippen LogP contribution in [0.5, 0.6) is 0 Å². The molecule has 2 heterocycles. The van der Waals surface area contributed by atoms with Crippen LogP contribution < -0.4 is 0 Å². The molecule has 0 amide bonds. The Balaban J connectivity index is 1.65. The van der Waals surface area contributed by atoms with Gasteiger partial charge in [0.1, 0.15) is 0 Å². The standard InChI is InChI=1S/C17H20N2O2/c1-21-17(20)15-4-2-3-14(11-15)13-6-9-19(10-7-13)16-5-8-18-12-16/h2-5,8,11,13H,6-7,9-10,12H2,1H3. The molecule has 1 saturated heterocycles. The van der Waals surface area contributed by atoms with Gasteiger partial charge >= 0.3 is 5.97 Å². The van der Waals surface area contributed by atoms with E-state index in [9.17, 15) is 4.79 Å². The quantitative estimate of drug-likeness (QED) is 0.801. The van der Waals surface area contributed by atoms with E-state index in [2.05, 4.69) is 22.0 Å². The second kappa shape index (κ2) is 6.12. The summed E-state index contributed by atoms with van der Waals surface area (Å²) >= 11 is 0. The molecular formula is C17H20N2O2. The summed E-state index contributed by atoms with van der Waals surface area (Å²) in [6, 6.07) is 7.85. The van der Waals surface area contributed by atoms with Crippen molar-refractivity contribution in [1.29, 1.82) is 0 Å². The number of nitrogens with zero attached hydrogens (tertiary/aromatic N) is 2. The third-order valence-electron chi connectivity index (χ3n) is 4.31. The van der Waals surface area contributed by atoms with Crippen molar-refractivity contribution >= 4 is 12.2 Å². The highest BCUT2D eigenvalue weighted by Gasteiger charge is 2.23. The number of rotatable bonds is 3. The number of allylic oxidation sites excluding steroid dienone is 1. The number of hydrogen-bond donors (Lipinski definition) is 0. The lowest BCUT2D eigenvalue weighted by Crippen LogP contribution is -2.32. The minimum atomic E-state index is -0.262. The van der Waals surface area contributed by atoms with Gasteiger partial charge in [0, 0.05) is 25.0 Å². The lowest BCUT2D eigenvalue weighted by atomic mass is 9.88. The Kier molecular flexibility index (Phi) is 4.04. The second-order valence-corrected chi connectivity index (χ2v) is 5.53. The Hall–Kier alpha value is -2.10. The van der Waals surface area contributed by atoms with E-state index in [4.69, 9.17) is 4.74 Å². The van der Waals surface area contributed by atoms with Gasteiger partial charge in [-0.05, 0) is 42.5 Å². The van der Waals surface area contributed by atoms with Gasteiger partial charge in [-0.15, -0.1) is 0 Å². The minimum absolute atomic E-state index is 0.262. The molecular weight excluding hydrogens is 264 g/mol. The summed E-state index contributed by atoms with van der Waals surface area (Å²) in [5.74, 6) is 0.260. The molecule has 4 nitrogen and oxygen atoms in total. The van der Waals surface area contributed by atoms with Crippen LogP contribution in [0.25, 0.3) is 0 Å². The Morgan fingerprint density at radius 3 is 2.81 bits per heavy atom. The van der Waals surface area contributed by atoms with E-state index in [0.29, 0.717) is 11.5 Å². The van der Waals surface area contributed by atoms with E-state index in [1.54, 1.807) is 0 Å². The molecule has 0 spiro atoms. The van der Waals surface area contributed by atoms with Gasteiger partial charge in [-0.3, -0.25) is 4.99 Å². The van der Waals surface area contributed by atoms with Gasteiger partial charge in [0.2, 0.25) is 0 Å². The zero-order valence-electron chi connectivity index (χ0n) is 12.3. The van der Waals surface area contributed by atoms with E-state index < -0.39 is 0 Å². The molecule has 1 aromatic rings. The normalized spacial score (nSPS) is 18.7. The highest BCUT2D eigenvalue weighted by atomic mass is 16.5. The van der Waals surface area contributed by atoms with Crippen LogP contribution in [0, 0.1) is 0 Å². The Morgan fingerprint density at radius 1 is 1.33 bits per heavy atom. The third-order valence-corrected chi connectivity index (χ3v) is 4.31. The molecule has 0 saturated carbocycles. The van der Waals surface area contributed by atoms with Crippen LogP contribution in [0.1, 0.15) is 34.7 Å². The van der Waals surface area contributed by atoms with Crippen molar-refractivity contribution in [3.05, 3.63) is 47.2 Å². The topological polar surface area (TPSA) is 41.9 Å². The highest BCUT2D eigenvalue weighted by Crippen LogP contribution is 2.30. The lowest BCUT2D eigenvalue weighted by molar-refractivity contribution is 0.0600. The number of likely N-dealkylation sites (tertiary alicyclic amines) is 1. The third kappa shape index (κ3) is 2.99. The molecule has 0 unspecified atom stereocenters. The number of benzene rings is 1. The molecule has 21 heavy (non-hydrogen) atoms. The van der Waals surface area contributed by atoms with E-state index in [0.717, 1.165) is 32.5 Å². The van der Waals surface area contributed by atoms with Gasteiger partial charge in [0.15, 0.2) is 0 Å². The number of carbonyl (C=O) groups excluding carboxylic acids is 1. The van der Waals surface area contributed by atoms with Crippen LogP contribution in [0.2, 0.25) is 0 Å². The molecule has 2 aliphatic heterocycles. The number of aliphatic imine (C=N–C) groups is 1. The fraction of sp³-hybridized carbons (Fsp3) is 0.412. The van der Waals surface area contributed by atoms with Crippen molar-refractivity contribution in [2.45, 2.75) is 18.8 Å². The number of hydrogen-bond acceptors (Lipinski definition) is 4. The van der Waals surface area contributed by atoms with E-state index in [1.165, 1.54) is 18.4 Å². The van der Waals surface area contributed by atoms with Crippen LogP contribution in [0.3, 0.4) is 0 Å². The number of methoxy groups -OCH3 is 1. The molecule has 2 aliphatic rings. The van der Waals surface area contributed by atoms with E-state index in [-0.39, 0.29) is 5.97 Å². The van der Waals surface area contributed by atoms with E-state index in [1.807, 2.05) is 24.4 Å². The first-order valence-electron chi connectivity index (χ1n) is 7.40. The number of carbonyl (C=O) groups is 1. The zero-order chi connectivity index (χ0) is 14.7. The summed E-state index contributed by atoms with van der Waals surface area (Å²) in [6.07, 6.45) is 6.23. The summed E-state index contributed by atoms with van der Waals surface area (Å²) in [6.45, 7) is 2.94. The SMILES string of the molecule is COC(=O)c1cccc(C2CCN(C3=CC=NC3)CC2)c1. The average molecular weight is 284 g/mol. The zero-order valence-corrected chi connectivity index (χ0v) is 12.3. The van der Waals surface area contributed by atoms with Gasteiger partial charge in [0.05, 0.1) is 19.2 Å². The van der Waals surface area contributed by atoms with Gasteiger partial charge in [0.25, 0.3) is 0 Å². The first kappa shape index (κ1) is 13.9. The first-order valence-corrected chi connectivity index (χ1v) is 7.40. The predicted molar refractivity (Wildman–Crippen MR) is 82.8 cm³/mol. The first-order chi connectivity index (χ1) is 10.3. The predicted octanol–water partition coefficient (Wildman–Crippen LogP) is 2.62. The molecule has 0 atom stereocenters. The molecule has 4 heteroatoms. The molecule has 1 aromatic carbocycles. The monoisotopic (exact) mass is 284 g/mol. The lowest BCUT2D eigenvalue weighted by Gasteiger charge is -2.34. The Bertz CT molecular complexity index is 584. The molecule has 0 bridgehead atoms. The van der Waals surface area contributed by atoms with Crippen molar-refractivity contribution in [2.75, 3.05) is 26.7 Å². The van der Waals surface area contributed by atoms with Crippen molar-refractivity contribution < 1.29 is 9.53 Å². The molecule has 1 fully saturated rings. The molecule has 0 N–H and O–H groups in total. The molecule has 0 aromatic heterocycles.